The van der Waals surface area contributed by atoms with Gasteiger partial charge in [0.1, 0.15) is 0 Å². The summed E-state index contributed by atoms with van der Waals surface area (Å²) in [7, 11) is 0. The van der Waals surface area contributed by atoms with Crippen LogP contribution in [0.25, 0.3) is 0 Å². The Morgan fingerprint density at radius 1 is 1.50 bits per heavy atom. The van der Waals surface area contributed by atoms with Crippen LogP contribution >= 0.6 is 27.7 Å². The average molecular weight is 358 g/mol. The number of aryl methyl sites for hydroxylation is 1. The van der Waals surface area contributed by atoms with Crippen molar-refractivity contribution in [2.75, 3.05) is 23.5 Å². The van der Waals surface area contributed by atoms with Crippen LogP contribution < -0.4 is 16.0 Å². The first-order valence-electron chi connectivity index (χ1n) is 6.21. The van der Waals surface area contributed by atoms with Crippen LogP contribution in [0.1, 0.15) is 5.56 Å². The maximum Gasteiger partial charge on any atom is 0.243 e. The van der Waals surface area contributed by atoms with Gasteiger partial charge in [0, 0.05) is 21.8 Å². The first kappa shape index (κ1) is 15.3. The molecular weight excluding hydrogens is 342 g/mol. The molecule has 20 heavy (non-hydrogen) atoms. The van der Waals surface area contributed by atoms with Crippen molar-refractivity contribution in [3.63, 3.8) is 0 Å². The van der Waals surface area contributed by atoms with E-state index in [0.29, 0.717) is 0 Å². The van der Waals surface area contributed by atoms with E-state index in [2.05, 4.69) is 31.9 Å². The van der Waals surface area contributed by atoms with Gasteiger partial charge in [0.05, 0.1) is 12.6 Å². The summed E-state index contributed by atoms with van der Waals surface area (Å²) >= 11 is 5.05. The quantitative estimate of drug-likeness (QED) is 0.763. The highest BCUT2D eigenvalue weighted by atomic mass is 79.9. The maximum absolute atomic E-state index is 11.8. The molecule has 1 unspecified atom stereocenters. The fourth-order valence-electron chi connectivity index (χ4n) is 1.82. The third-order valence-electron chi connectivity index (χ3n) is 2.92. The van der Waals surface area contributed by atoms with Crippen molar-refractivity contribution >= 4 is 45.2 Å². The van der Waals surface area contributed by atoms with Crippen LogP contribution in [-0.4, -0.2) is 36.0 Å². The van der Waals surface area contributed by atoms with Gasteiger partial charge < -0.3 is 10.6 Å². The number of benzene rings is 1. The normalized spacial score (nSPS) is 17.8. The molecule has 2 rings (SSSR count). The minimum absolute atomic E-state index is 0.0167. The van der Waals surface area contributed by atoms with Crippen LogP contribution in [-0.2, 0) is 9.59 Å². The van der Waals surface area contributed by atoms with Crippen molar-refractivity contribution in [2.45, 2.75) is 13.0 Å². The van der Waals surface area contributed by atoms with Gasteiger partial charge in [-0.3, -0.25) is 14.9 Å². The summed E-state index contributed by atoms with van der Waals surface area (Å²) in [5, 5.41) is 8.48. The highest BCUT2D eigenvalue weighted by molar-refractivity contribution is 9.10. The van der Waals surface area contributed by atoms with E-state index in [-0.39, 0.29) is 24.4 Å². The van der Waals surface area contributed by atoms with Crippen molar-refractivity contribution in [1.82, 2.24) is 10.6 Å². The summed E-state index contributed by atoms with van der Waals surface area (Å²) in [6.07, 6.45) is 0. The van der Waals surface area contributed by atoms with E-state index in [4.69, 9.17) is 0 Å². The Labute approximate surface area is 130 Å². The SMILES string of the molecule is Cc1cc(Br)ccc1NC(=O)CNC(=O)C1CSCN1. The first-order chi connectivity index (χ1) is 9.56. The van der Waals surface area contributed by atoms with Gasteiger partial charge in [0.2, 0.25) is 11.8 Å². The van der Waals surface area contributed by atoms with Crippen molar-refractivity contribution < 1.29 is 9.59 Å². The molecule has 1 atom stereocenters. The fraction of sp³-hybridized carbons (Fsp3) is 0.385. The van der Waals surface area contributed by atoms with Gasteiger partial charge >= 0.3 is 0 Å². The molecule has 1 fully saturated rings. The lowest BCUT2D eigenvalue weighted by molar-refractivity contribution is -0.125. The lowest BCUT2D eigenvalue weighted by Gasteiger charge is -2.12. The number of hydrogen-bond acceptors (Lipinski definition) is 4. The highest BCUT2D eigenvalue weighted by Gasteiger charge is 2.22. The third kappa shape index (κ3) is 4.22. The van der Waals surface area contributed by atoms with Crippen molar-refractivity contribution in [3.05, 3.63) is 28.2 Å². The number of hydrogen-bond donors (Lipinski definition) is 3. The largest absolute Gasteiger partial charge is 0.346 e. The Balaban J connectivity index is 1.81. The van der Waals surface area contributed by atoms with E-state index in [1.807, 2.05) is 25.1 Å². The Morgan fingerprint density at radius 2 is 2.30 bits per heavy atom. The summed E-state index contributed by atoms with van der Waals surface area (Å²) < 4.78 is 0.964. The molecule has 1 aromatic carbocycles. The summed E-state index contributed by atoms with van der Waals surface area (Å²) in [5.41, 5.74) is 1.72. The molecule has 108 valence electrons. The Morgan fingerprint density at radius 3 is 2.95 bits per heavy atom. The molecular formula is C13H16BrN3O2S. The number of carbonyl (C=O) groups excluding carboxylic acids is 2. The maximum atomic E-state index is 11.8. The monoisotopic (exact) mass is 357 g/mol. The molecule has 3 N–H and O–H groups in total. The van der Waals surface area contributed by atoms with E-state index in [9.17, 15) is 9.59 Å². The number of carbonyl (C=O) groups is 2. The highest BCUT2D eigenvalue weighted by Crippen LogP contribution is 2.19. The number of nitrogens with one attached hydrogen (secondary N) is 3. The predicted octanol–water partition coefficient (Wildman–Crippen LogP) is 1.47. The molecule has 2 amide bonds. The Hall–Kier alpha value is -1.05. The van der Waals surface area contributed by atoms with E-state index in [0.717, 1.165) is 27.4 Å². The van der Waals surface area contributed by atoms with Gasteiger partial charge in [-0.2, -0.15) is 0 Å². The summed E-state index contributed by atoms with van der Waals surface area (Å²) in [6.45, 7) is 1.90. The van der Waals surface area contributed by atoms with Crippen LogP contribution in [0, 0.1) is 6.92 Å². The summed E-state index contributed by atoms with van der Waals surface area (Å²) in [4.78, 5) is 23.5. The molecule has 1 aliphatic heterocycles. The molecule has 0 aliphatic carbocycles. The minimum Gasteiger partial charge on any atom is -0.346 e. The average Bonchev–Trinajstić information content (AvgIpc) is 2.93. The van der Waals surface area contributed by atoms with E-state index in [1.165, 1.54) is 0 Å². The molecule has 1 heterocycles. The number of halogens is 1. The molecule has 1 aromatic rings. The van der Waals surface area contributed by atoms with Gasteiger partial charge in [-0.1, -0.05) is 15.9 Å². The zero-order valence-corrected chi connectivity index (χ0v) is 13.4. The van der Waals surface area contributed by atoms with Gasteiger partial charge in [-0.05, 0) is 30.7 Å². The lowest BCUT2D eigenvalue weighted by atomic mass is 10.2. The van der Waals surface area contributed by atoms with E-state index in [1.54, 1.807) is 11.8 Å². The number of thioether (sulfide) groups is 1. The van der Waals surface area contributed by atoms with Crippen molar-refractivity contribution in [1.29, 1.82) is 0 Å². The fourth-order valence-corrected chi connectivity index (χ4v) is 3.23. The van der Waals surface area contributed by atoms with Crippen LogP contribution in [0.4, 0.5) is 5.69 Å². The predicted molar refractivity (Wildman–Crippen MR) is 84.8 cm³/mol. The van der Waals surface area contributed by atoms with E-state index >= 15 is 0 Å². The molecule has 1 saturated heterocycles. The van der Waals surface area contributed by atoms with Crippen LogP contribution in [0.2, 0.25) is 0 Å². The number of rotatable bonds is 4. The zero-order valence-electron chi connectivity index (χ0n) is 11.0. The minimum atomic E-state index is -0.227. The second-order valence-electron chi connectivity index (χ2n) is 4.50. The smallest absolute Gasteiger partial charge is 0.243 e. The van der Waals surface area contributed by atoms with Crippen molar-refractivity contribution in [2.24, 2.45) is 0 Å². The molecule has 1 aliphatic rings. The molecule has 0 saturated carbocycles. The van der Waals surface area contributed by atoms with Gasteiger partial charge in [-0.15, -0.1) is 11.8 Å². The van der Waals surface area contributed by atoms with E-state index < -0.39 is 0 Å². The Kier molecular flexibility index (Phi) is 5.45. The summed E-state index contributed by atoms with van der Waals surface area (Å²) in [6, 6.07) is 5.42. The first-order valence-corrected chi connectivity index (χ1v) is 8.16. The van der Waals surface area contributed by atoms with Crippen LogP contribution in [0.3, 0.4) is 0 Å². The third-order valence-corrected chi connectivity index (χ3v) is 4.35. The molecule has 7 heteroatoms. The standard InChI is InChI=1S/C13H16BrN3O2S/c1-8-4-9(14)2-3-10(8)17-12(18)5-15-13(19)11-6-20-7-16-11/h2-4,11,16H,5-7H2,1H3,(H,15,19)(H,17,18). The topological polar surface area (TPSA) is 70.2 Å². The van der Waals surface area contributed by atoms with Crippen LogP contribution in [0.15, 0.2) is 22.7 Å². The summed E-state index contributed by atoms with van der Waals surface area (Å²) in [5.74, 6) is 1.17. The molecule has 0 radical (unpaired) electrons. The van der Waals surface area contributed by atoms with Gasteiger partial charge in [0.15, 0.2) is 0 Å². The Bertz CT molecular complexity index is 518. The van der Waals surface area contributed by atoms with Gasteiger partial charge in [0.25, 0.3) is 0 Å². The number of anilines is 1. The molecule has 0 spiro atoms. The molecule has 5 nitrogen and oxygen atoms in total. The zero-order chi connectivity index (χ0) is 14.5. The van der Waals surface area contributed by atoms with Crippen LogP contribution in [0.5, 0.6) is 0 Å². The molecule has 0 bridgehead atoms. The number of amides is 2. The molecule has 0 aromatic heterocycles. The second-order valence-corrected chi connectivity index (χ2v) is 6.44. The lowest BCUT2D eigenvalue weighted by Crippen LogP contribution is -2.44. The van der Waals surface area contributed by atoms with Crippen molar-refractivity contribution in [3.8, 4) is 0 Å². The second kappa shape index (κ2) is 7.10. The van der Waals surface area contributed by atoms with Gasteiger partial charge in [-0.25, -0.2) is 0 Å².